The Morgan fingerprint density at radius 2 is 1.89 bits per heavy atom. The van der Waals surface area contributed by atoms with Crippen molar-refractivity contribution in [1.29, 1.82) is 0 Å². The van der Waals surface area contributed by atoms with E-state index in [1.54, 1.807) is 18.2 Å². The van der Waals surface area contributed by atoms with Gasteiger partial charge in [-0.15, -0.1) is 0 Å². The molecule has 0 bridgehead atoms. The van der Waals surface area contributed by atoms with E-state index in [4.69, 9.17) is 27.9 Å². The summed E-state index contributed by atoms with van der Waals surface area (Å²) in [6, 6.07) is 10.9. The normalized spacial score (nSPS) is 14.8. The monoisotopic (exact) mass is 421 g/mol. The lowest BCUT2D eigenvalue weighted by Crippen LogP contribution is -2.46. The summed E-state index contributed by atoms with van der Waals surface area (Å²) in [5.74, 6) is 0.409. The van der Waals surface area contributed by atoms with E-state index >= 15 is 0 Å². The molecule has 28 heavy (non-hydrogen) atoms. The molecule has 1 aliphatic heterocycles. The average Bonchev–Trinajstić information content (AvgIpc) is 2.68. The van der Waals surface area contributed by atoms with Gasteiger partial charge in [0.05, 0.1) is 16.4 Å². The first kappa shape index (κ1) is 20.8. The first-order valence-electron chi connectivity index (χ1n) is 9.42. The van der Waals surface area contributed by atoms with Gasteiger partial charge in [-0.25, -0.2) is 0 Å². The lowest BCUT2D eigenvalue weighted by atomic mass is 10.2. The number of rotatable bonds is 6. The number of halogens is 2. The maximum Gasteiger partial charge on any atom is 0.262 e. The van der Waals surface area contributed by atoms with E-state index in [-0.39, 0.29) is 12.5 Å². The van der Waals surface area contributed by atoms with Crippen LogP contribution in [-0.2, 0) is 4.79 Å². The molecule has 150 valence electrons. The minimum Gasteiger partial charge on any atom is -0.483 e. The zero-order valence-electron chi connectivity index (χ0n) is 16.2. The number of ether oxygens (including phenoxy) is 1. The number of amides is 1. The predicted molar refractivity (Wildman–Crippen MR) is 116 cm³/mol. The molecular formula is C21H25Cl2N3O2. The highest BCUT2D eigenvalue weighted by molar-refractivity contribution is 6.34. The van der Waals surface area contributed by atoms with Crippen LogP contribution in [0.3, 0.4) is 0 Å². The average molecular weight is 422 g/mol. The summed E-state index contributed by atoms with van der Waals surface area (Å²) in [5, 5.41) is 4.22. The Hall–Kier alpha value is -1.95. The Morgan fingerprint density at radius 3 is 2.57 bits per heavy atom. The first-order valence-corrected chi connectivity index (χ1v) is 10.2. The number of nitrogens with one attached hydrogen (secondary N) is 1. The molecule has 3 rings (SSSR count). The van der Waals surface area contributed by atoms with E-state index in [0.29, 0.717) is 21.5 Å². The number of piperazine rings is 1. The van der Waals surface area contributed by atoms with E-state index in [0.717, 1.165) is 44.0 Å². The van der Waals surface area contributed by atoms with E-state index in [9.17, 15) is 4.79 Å². The zero-order valence-corrected chi connectivity index (χ0v) is 17.7. The van der Waals surface area contributed by atoms with Gasteiger partial charge in [0.2, 0.25) is 0 Å². The van der Waals surface area contributed by atoms with Gasteiger partial charge in [0.25, 0.3) is 5.91 Å². The second-order valence-electron chi connectivity index (χ2n) is 6.80. The largest absolute Gasteiger partial charge is 0.483 e. The number of nitrogens with zero attached hydrogens (tertiary/aromatic N) is 2. The highest BCUT2D eigenvalue weighted by atomic mass is 35.5. The Bertz CT molecular complexity index is 836. The van der Waals surface area contributed by atoms with Crippen molar-refractivity contribution in [3.8, 4) is 5.75 Å². The van der Waals surface area contributed by atoms with E-state index in [1.807, 2.05) is 25.1 Å². The van der Waals surface area contributed by atoms with Crippen molar-refractivity contribution >= 4 is 40.5 Å². The predicted octanol–water partition coefficient (Wildman–Crippen LogP) is 4.46. The quantitative estimate of drug-likeness (QED) is 0.747. The van der Waals surface area contributed by atoms with E-state index < -0.39 is 0 Å². The molecular weight excluding hydrogens is 397 g/mol. The standard InChI is InChI=1S/C21H25Cl2N3O2/c1-3-25-9-11-26(12-10-25)21-17(23)5-4-6-18(21)24-20(27)14-28-19-8-7-16(22)13-15(19)2/h4-8,13H,3,9-12,14H2,1-2H3,(H,24,27). The Labute approximate surface area is 176 Å². The molecule has 0 aliphatic carbocycles. The van der Waals surface area contributed by atoms with Crippen LogP contribution >= 0.6 is 23.2 Å². The number of hydrogen-bond donors (Lipinski definition) is 1. The molecule has 1 N–H and O–H groups in total. The van der Waals surface area contributed by atoms with Crippen LogP contribution < -0.4 is 15.0 Å². The Morgan fingerprint density at radius 1 is 1.14 bits per heavy atom. The molecule has 1 fully saturated rings. The van der Waals surface area contributed by atoms with Crippen LogP contribution in [-0.4, -0.2) is 50.1 Å². The molecule has 0 saturated carbocycles. The summed E-state index contributed by atoms with van der Waals surface area (Å²) >= 11 is 12.4. The molecule has 0 atom stereocenters. The first-order chi connectivity index (χ1) is 13.5. The summed E-state index contributed by atoms with van der Waals surface area (Å²) in [4.78, 5) is 17.1. The van der Waals surface area contributed by atoms with Gasteiger partial charge in [-0.1, -0.05) is 36.2 Å². The van der Waals surface area contributed by atoms with Gasteiger partial charge in [0, 0.05) is 31.2 Å². The van der Waals surface area contributed by atoms with Crippen LogP contribution in [0.4, 0.5) is 11.4 Å². The van der Waals surface area contributed by atoms with Crippen LogP contribution in [0.25, 0.3) is 0 Å². The maximum absolute atomic E-state index is 12.5. The molecule has 2 aromatic rings. The third kappa shape index (κ3) is 5.10. The van der Waals surface area contributed by atoms with Gasteiger partial charge in [-0.3, -0.25) is 4.79 Å². The third-order valence-electron chi connectivity index (χ3n) is 4.89. The number of anilines is 2. The van der Waals surface area contributed by atoms with Gasteiger partial charge < -0.3 is 19.9 Å². The second kappa shape index (κ2) is 9.50. The molecule has 1 saturated heterocycles. The zero-order chi connectivity index (χ0) is 20.1. The minimum absolute atomic E-state index is 0.0853. The molecule has 7 heteroatoms. The number of para-hydroxylation sites is 1. The number of likely N-dealkylation sites (N-methyl/N-ethyl adjacent to an activating group) is 1. The van der Waals surface area contributed by atoms with Crippen molar-refractivity contribution in [2.24, 2.45) is 0 Å². The second-order valence-corrected chi connectivity index (χ2v) is 7.65. The van der Waals surface area contributed by atoms with Crippen LogP contribution in [0.5, 0.6) is 5.75 Å². The molecule has 2 aromatic carbocycles. The van der Waals surface area contributed by atoms with Gasteiger partial charge in [0.15, 0.2) is 6.61 Å². The summed E-state index contributed by atoms with van der Waals surface area (Å²) in [5.41, 5.74) is 2.47. The van der Waals surface area contributed by atoms with Crippen molar-refractivity contribution in [2.45, 2.75) is 13.8 Å². The van der Waals surface area contributed by atoms with E-state index in [1.165, 1.54) is 0 Å². The molecule has 5 nitrogen and oxygen atoms in total. The van der Waals surface area contributed by atoms with Crippen LogP contribution in [0.1, 0.15) is 12.5 Å². The molecule has 0 radical (unpaired) electrons. The molecule has 0 aromatic heterocycles. The smallest absolute Gasteiger partial charge is 0.262 e. The van der Waals surface area contributed by atoms with Gasteiger partial charge in [0.1, 0.15) is 5.75 Å². The topological polar surface area (TPSA) is 44.8 Å². The van der Waals surface area contributed by atoms with Crippen molar-refractivity contribution in [3.05, 3.63) is 52.0 Å². The molecule has 1 aliphatic rings. The lowest BCUT2D eigenvalue weighted by Gasteiger charge is -2.36. The third-order valence-corrected chi connectivity index (χ3v) is 5.43. The van der Waals surface area contributed by atoms with Crippen LogP contribution in [0, 0.1) is 6.92 Å². The molecule has 1 amide bonds. The molecule has 0 spiro atoms. The highest BCUT2D eigenvalue weighted by Crippen LogP contribution is 2.34. The fourth-order valence-corrected chi connectivity index (χ4v) is 3.85. The van der Waals surface area contributed by atoms with Crippen molar-refractivity contribution in [2.75, 3.05) is 49.5 Å². The lowest BCUT2D eigenvalue weighted by molar-refractivity contribution is -0.118. The Balaban J connectivity index is 1.66. The highest BCUT2D eigenvalue weighted by Gasteiger charge is 2.21. The summed E-state index contributed by atoms with van der Waals surface area (Å²) in [6.07, 6.45) is 0. The fourth-order valence-electron chi connectivity index (χ4n) is 3.33. The Kier molecular flexibility index (Phi) is 7.05. The molecule has 0 unspecified atom stereocenters. The van der Waals surface area contributed by atoms with Crippen molar-refractivity contribution in [3.63, 3.8) is 0 Å². The SMILES string of the molecule is CCN1CCN(c2c(Cl)cccc2NC(=O)COc2ccc(Cl)cc2C)CC1. The minimum atomic E-state index is -0.231. The number of hydrogen-bond acceptors (Lipinski definition) is 4. The van der Waals surface area contributed by atoms with Gasteiger partial charge >= 0.3 is 0 Å². The number of carbonyl (C=O) groups excluding carboxylic acids is 1. The summed E-state index contributed by atoms with van der Waals surface area (Å²) < 4.78 is 5.65. The number of benzene rings is 2. The van der Waals surface area contributed by atoms with Gasteiger partial charge in [-0.2, -0.15) is 0 Å². The number of carbonyl (C=O) groups is 1. The van der Waals surface area contributed by atoms with E-state index in [2.05, 4.69) is 22.0 Å². The van der Waals surface area contributed by atoms with Gasteiger partial charge in [-0.05, 0) is 49.4 Å². The molecule has 1 heterocycles. The summed E-state index contributed by atoms with van der Waals surface area (Å²) in [7, 11) is 0. The van der Waals surface area contributed by atoms with Crippen molar-refractivity contribution < 1.29 is 9.53 Å². The summed E-state index contributed by atoms with van der Waals surface area (Å²) in [6.45, 7) is 8.73. The maximum atomic E-state index is 12.5. The fraction of sp³-hybridized carbons (Fsp3) is 0.381. The van der Waals surface area contributed by atoms with Crippen LogP contribution in [0.2, 0.25) is 10.0 Å². The van der Waals surface area contributed by atoms with Crippen LogP contribution in [0.15, 0.2) is 36.4 Å². The van der Waals surface area contributed by atoms with Crippen molar-refractivity contribution in [1.82, 2.24) is 4.90 Å². The number of aryl methyl sites for hydroxylation is 1.